The van der Waals surface area contributed by atoms with E-state index in [0.717, 1.165) is 22.3 Å². The molecule has 0 spiro atoms. The summed E-state index contributed by atoms with van der Waals surface area (Å²) in [5.41, 5.74) is 4.50. The summed E-state index contributed by atoms with van der Waals surface area (Å²) in [6.07, 6.45) is 1.22. The fourth-order valence-corrected chi connectivity index (χ4v) is 5.65. The monoisotopic (exact) mass is 522 g/mol. The molecule has 0 saturated carbocycles. The molecule has 196 valence electrons. The minimum atomic E-state index is -4.07. The first-order valence-electron chi connectivity index (χ1n) is 12.4. The van der Waals surface area contributed by atoms with Gasteiger partial charge in [0.15, 0.2) is 0 Å². The first-order valence-corrected chi connectivity index (χ1v) is 13.9. The molecule has 2 N–H and O–H groups in total. The molecule has 1 amide bonds. The number of hydrogen-bond donors (Lipinski definition) is 2. The maximum Gasteiger partial charge on any atom is 0.264 e. The lowest BCUT2D eigenvalue weighted by Crippen LogP contribution is -2.41. The zero-order valence-electron chi connectivity index (χ0n) is 22.2. The molecular formula is C28H34N4O4S. The molecule has 0 fully saturated rings. The molecule has 9 heteroatoms. The van der Waals surface area contributed by atoms with Gasteiger partial charge in [-0.3, -0.25) is 4.79 Å². The van der Waals surface area contributed by atoms with Crippen LogP contribution in [0.1, 0.15) is 61.2 Å². The lowest BCUT2D eigenvalue weighted by Gasteiger charge is -2.27. The number of nitrogens with one attached hydrogen (secondary N) is 2. The summed E-state index contributed by atoms with van der Waals surface area (Å²) in [5.74, 6) is -0.146. The van der Waals surface area contributed by atoms with Crippen molar-refractivity contribution in [1.29, 1.82) is 0 Å². The first-order chi connectivity index (χ1) is 17.4. The van der Waals surface area contributed by atoms with Gasteiger partial charge < -0.3 is 10.1 Å². The minimum absolute atomic E-state index is 0.0500. The number of anilines is 1. The van der Waals surface area contributed by atoms with Crippen LogP contribution in [-0.4, -0.2) is 36.9 Å². The van der Waals surface area contributed by atoms with Crippen molar-refractivity contribution in [2.75, 3.05) is 11.3 Å². The van der Waals surface area contributed by atoms with Crippen molar-refractivity contribution in [2.45, 2.75) is 65.3 Å². The van der Waals surface area contributed by atoms with Gasteiger partial charge in [0, 0.05) is 16.7 Å². The highest BCUT2D eigenvalue weighted by Crippen LogP contribution is 2.35. The van der Waals surface area contributed by atoms with E-state index in [1.807, 2.05) is 39.0 Å². The maximum atomic E-state index is 13.3. The van der Waals surface area contributed by atoms with Crippen molar-refractivity contribution in [3.8, 4) is 17.1 Å². The molecule has 0 saturated heterocycles. The summed E-state index contributed by atoms with van der Waals surface area (Å²) in [6.45, 7) is 12.4. The molecule has 1 aromatic heterocycles. The van der Waals surface area contributed by atoms with Crippen LogP contribution in [0.4, 0.5) is 5.95 Å². The van der Waals surface area contributed by atoms with E-state index < -0.39 is 10.0 Å². The Balaban J connectivity index is 1.93. The Morgan fingerprint density at radius 1 is 1.05 bits per heavy atom. The second-order valence-corrected chi connectivity index (χ2v) is 12.4. The summed E-state index contributed by atoms with van der Waals surface area (Å²) in [4.78, 5) is 22.2. The second-order valence-electron chi connectivity index (χ2n) is 10.7. The molecule has 0 aliphatic carbocycles. The number of fused-ring (bicyclic) bond motifs is 4. The molecule has 2 heterocycles. The van der Waals surface area contributed by atoms with Gasteiger partial charge in [-0.05, 0) is 61.4 Å². The summed E-state index contributed by atoms with van der Waals surface area (Å²) in [6, 6.07) is 11.6. The van der Waals surface area contributed by atoms with Crippen molar-refractivity contribution in [3.05, 3.63) is 64.7 Å². The number of carbonyl (C=O) groups excluding carboxylic acids is 1. The first kappa shape index (κ1) is 26.6. The number of nitrogens with zero attached hydrogens (tertiary/aromatic N) is 2. The van der Waals surface area contributed by atoms with E-state index in [-0.39, 0.29) is 40.4 Å². The van der Waals surface area contributed by atoms with Gasteiger partial charge in [-0.25, -0.2) is 18.1 Å². The molecule has 3 aromatic rings. The lowest BCUT2D eigenvalue weighted by molar-refractivity contribution is 0.0903. The normalized spacial score (nSPS) is 17.4. The van der Waals surface area contributed by atoms with Crippen molar-refractivity contribution in [2.24, 2.45) is 5.41 Å². The average Bonchev–Trinajstić information content (AvgIpc) is 2.81. The smallest absolute Gasteiger partial charge is 0.264 e. The standard InChI is InChI=1S/C28H34N4O4S/c1-7-22-24(23-17(2)10-8-11-18(23)3)30-27-31-26(22)36-16-20(15-28(4,5)6)29-25(33)19-12-9-13-21(14-19)37(34,35)32-27/h8-14,20H,7,15-16H2,1-6H3,(H,29,33)(H,30,31,32)/t20-/m1/s1. The number of benzene rings is 2. The van der Waals surface area contributed by atoms with Gasteiger partial charge in [0.05, 0.1) is 16.6 Å². The molecule has 4 rings (SSSR count). The van der Waals surface area contributed by atoms with E-state index in [2.05, 4.69) is 40.8 Å². The van der Waals surface area contributed by atoms with E-state index in [4.69, 9.17) is 4.74 Å². The number of ether oxygens (including phenoxy) is 1. The third-order valence-electron chi connectivity index (χ3n) is 6.29. The van der Waals surface area contributed by atoms with Crippen LogP contribution in [0.15, 0.2) is 47.4 Å². The van der Waals surface area contributed by atoms with Crippen LogP contribution >= 0.6 is 0 Å². The van der Waals surface area contributed by atoms with E-state index >= 15 is 0 Å². The van der Waals surface area contributed by atoms with Crippen molar-refractivity contribution < 1.29 is 17.9 Å². The molecule has 8 nitrogen and oxygen atoms in total. The molecule has 1 aliphatic rings. The number of sulfonamides is 1. The topological polar surface area (TPSA) is 110 Å². The Kier molecular flexibility index (Phi) is 7.28. The third-order valence-corrected chi connectivity index (χ3v) is 7.61. The summed E-state index contributed by atoms with van der Waals surface area (Å²) in [7, 11) is -4.07. The number of carbonyl (C=O) groups is 1. The molecule has 0 unspecified atom stereocenters. The van der Waals surface area contributed by atoms with Gasteiger partial charge >= 0.3 is 0 Å². The molecule has 4 bridgehead atoms. The lowest BCUT2D eigenvalue weighted by atomic mass is 9.88. The summed E-state index contributed by atoms with van der Waals surface area (Å²) >= 11 is 0. The van der Waals surface area contributed by atoms with E-state index in [9.17, 15) is 13.2 Å². The van der Waals surface area contributed by atoms with E-state index in [1.54, 1.807) is 12.1 Å². The fourth-order valence-electron chi connectivity index (χ4n) is 4.66. The Morgan fingerprint density at radius 2 is 1.73 bits per heavy atom. The number of aromatic nitrogens is 2. The highest BCUT2D eigenvalue weighted by Gasteiger charge is 2.27. The largest absolute Gasteiger partial charge is 0.475 e. The Bertz CT molecular complexity index is 1420. The molecule has 2 aromatic carbocycles. The number of rotatable bonds is 3. The van der Waals surface area contributed by atoms with Crippen LogP contribution in [0.5, 0.6) is 5.88 Å². The van der Waals surface area contributed by atoms with E-state index in [1.165, 1.54) is 12.1 Å². The average molecular weight is 523 g/mol. The van der Waals surface area contributed by atoms with Crippen molar-refractivity contribution in [3.63, 3.8) is 0 Å². The van der Waals surface area contributed by atoms with Crippen LogP contribution in [0.2, 0.25) is 0 Å². The van der Waals surface area contributed by atoms with Crippen LogP contribution in [-0.2, 0) is 16.4 Å². The van der Waals surface area contributed by atoms with Crippen molar-refractivity contribution >= 4 is 21.9 Å². The minimum Gasteiger partial charge on any atom is -0.475 e. The quantitative estimate of drug-likeness (QED) is 0.498. The number of amides is 1. The van der Waals surface area contributed by atoms with Gasteiger partial charge in [-0.2, -0.15) is 4.98 Å². The van der Waals surface area contributed by atoms with Gasteiger partial charge in [0.1, 0.15) is 6.61 Å². The van der Waals surface area contributed by atoms with Gasteiger partial charge in [-0.1, -0.05) is 52.0 Å². The van der Waals surface area contributed by atoms with Gasteiger partial charge in [-0.15, -0.1) is 0 Å². The van der Waals surface area contributed by atoms with Gasteiger partial charge in [0.2, 0.25) is 11.8 Å². The highest BCUT2D eigenvalue weighted by molar-refractivity contribution is 7.92. The Hall–Kier alpha value is -3.46. The summed E-state index contributed by atoms with van der Waals surface area (Å²) < 4.78 is 35.4. The molecular weight excluding hydrogens is 488 g/mol. The van der Waals surface area contributed by atoms with Crippen molar-refractivity contribution in [1.82, 2.24) is 15.3 Å². The van der Waals surface area contributed by atoms with Crippen LogP contribution in [0.25, 0.3) is 11.3 Å². The fraction of sp³-hybridized carbons (Fsp3) is 0.393. The molecule has 37 heavy (non-hydrogen) atoms. The third kappa shape index (κ3) is 5.93. The predicted octanol–water partition coefficient (Wildman–Crippen LogP) is 5.05. The van der Waals surface area contributed by atoms with Crippen LogP contribution in [0.3, 0.4) is 0 Å². The number of hydrogen-bond acceptors (Lipinski definition) is 6. The SMILES string of the molecule is CCc1c2nc(nc1-c1c(C)cccc1C)NS(=O)(=O)c1cccc(c1)C(=O)N[C@H](CC(C)(C)C)CO2. The maximum absolute atomic E-state index is 13.3. The highest BCUT2D eigenvalue weighted by atomic mass is 32.2. The Labute approximate surface area is 218 Å². The molecule has 0 radical (unpaired) electrons. The van der Waals surface area contributed by atoms with E-state index in [0.29, 0.717) is 24.4 Å². The Morgan fingerprint density at radius 3 is 2.38 bits per heavy atom. The van der Waals surface area contributed by atoms with Gasteiger partial charge in [0.25, 0.3) is 15.9 Å². The zero-order valence-corrected chi connectivity index (χ0v) is 23.0. The molecule has 1 atom stereocenters. The second kappa shape index (κ2) is 10.1. The number of aryl methyl sites for hydroxylation is 2. The van der Waals surface area contributed by atoms with Crippen LogP contribution in [0, 0.1) is 19.3 Å². The summed E-state index contributed by atoms with van der Waals surface area (Å²) in [5, 5.41) is 3.04. The van der Waals surface area contributed by atoms with Crippen LogP contribution < -0.4 is 14.8 Å². The zero-order chi connectivity index (χ0) is 27.0. The predicted molar refractivity (Wildman–Crippen MR) is 144 cm³/mol. The molecule has 1 aliphatic heterocycles.